The number of hydrogen-bond acceptors (Lipinski definition) is 5. The number of pyridine rings is 1. The lowest BCUT2D eigenvalue weighted by Gasteiger charge is -2.32. The molecule has 2 aromatic rings. The molecular weight excluding hydrogens is 378 g/mol. The Labute approximate surface area is 178 Å². The van der Waals surface area contributed by atoms with Gasteiger partial charge in [-0.05, 0) is 48.2 Å². The van der Waals surface area contributed by atoms with Crippen molar-refractivity contribution in [3.8, 4) is 5.75 Å². The lowest BCUT2D eigenvalue weighted by Crippen LogP contribution is -2.41. The number of anilines is 1. The number of fused-ring (bicyclic) bond motifs is 1. The number of hydrogen-bond donors (Lipinski definition) is 2. The zero-order valence-electron chi connectivity index (χ0n) is 17.9. The minimum absolute atomic E-state index is 0.239. The van der Waals surface area contributed by atoms with Crippen molar-refractivity contribution in [2.45, 2.75) is 32.4 Å². The summed E-state index contributed by atoms with van der Waals surface area (Å²) in [7, 11) is 1.80. The Hall–Kier alpha value is -2.80. The van der Waals surface area contributed by atoms with E-state index in [0.717, 1.165) is 63.2 Å². The molecular formula is C23H31N5O2. The molecule has 1 saturated heterocycles. The van der Waals surface area contributed by atoms with Gasteiger partial charge in [0.25, 0.3) is 0 Å². The smallest absolute Gasteiger partial charge is 0.191 e. The number of rotatable bonds is 6. The molecule has 0 radical (unpaired) electrons. The van der Waals surface area contributed by atoms with Crippen molar-refractivity contribution in [2.24, 2.45) is 4.99 Å². The second-order valence-corrected chi connectivity index (χ2v) is 7.79. The minimum Gasteiger partial charge on any atom is -0.493 e. The average molecular weight is 410 g/mol. The molecule has 0 saturated carbocycles. The van der Waals surface area contributed by atoms with Crippen LogP contribution in [0.25, 0.3) is 0 Å². The molecule has 7 nitrogen and oxygen atoms in total. The number of aromatic nitrogens is 1. The normalized spacial score (nSPS) is 18.7. The van der Waals surface area contributed by atoms with E-state index in [1.807, 2.05) is 12.3 Å². The number of aliphatic imine (C=N–C) groups is 1. The fourth-order valence-electron chi connectivity index (χ4n) is 3.90. The summed E-state index contributed by atoms with van der Waals surface area (Å²) in [6.07, 6.45) is 4.07. The number of guanidine groups is 1. The second-order valence-electron chi connectivity index (χ2n) is 7.79. The van der Waals surface area contributed by atoms with Gasteiger partial charge in [0.2, 0.25) is 0 Å². The van der Waals surface area contributed by atoms with Crippen LogP contribution in [0.3, 0.4) is 0 Å². The number of nitrogens with zero attached hydrogens (tertiary/aromatic N) is 3. The van der Waals surface area contributed by atoms with Crippen LogP contribution in [0.1, 0.15) is 23.6 Å². The zero-order chi connectivity index (χ0) is 20.8. The summed E-state index contributed by atoms with van der Waals surface area (Å²) in [4.78, 5) is 11.2. The van der Waals surface area contributed by atoms with Gasteiger partial charge in [-0.15, -0.1) is 0 Å². The molecule has 0 bridgehead atoms. The maximum absolute atomic E-state index is 5.63. The summed E-state index contributed by atoms with van der Waals surface area (Å²) in [5.41, 5.74) is 3.82. The van der Waals surface area contributed by atoms with E-state index in [9.17, 15) is 0 Å². The predicted molar refractivity (Wildman–Crippen MR) is 119 cm³/mol. The molecule has 4 rings (SSSR count). The molecule has 0 aliphatic carbocycles. The first kappa shape index (κ1) is 20.5. The third-order valence-corrected chi connectivity index (χ3v) is 5.52. The van der Waals surface area contributed by atoms with Crippen molar-refractivity contribution in [1.29, 1.82) is 0 Å². The van der Waals surface area contributed by atoms with Crippen molar-refractivity contribution in [2.75, 3.05) is 44.8 Å². The number of nitrogens with one attached hydrogen (secondary N) is 2. The highest BCUT2D eigenvalue weighted by atomic mass is 16.5. The highest BCUT2D eigenvalue weighted by Gasteiger charge is 2.18. The fraction of sp³-hybridized carbons (Fsp3) is 0.478. The Morgan fingerprint density at radius 1 is 1.20 bits per heavy atom. The molecule has 160 valence electrons. The Bertz CT molecular complexity index is 886. The summed E-state index contributed by atoms with van der Waals surface area (Å²) in [5, 5.41) is 6.81. The van der Waals surface area contributed by atoms with E-state index in [4.69, 9.17) is 9.47 Å². The van der Waals surface area contributed by atoms with Crippen LogP contribution in [-0.4, -0.2) is 56.9 Å². The first-order valence-electron chi connectivity index (χ1n) is 10.7. The Kier molecular flexibility index (Phi) is 6.69. The van der Waals surface area contributed by atoms with Crippen molar-refractivity contribution < 1.29 is 9.47 Å². The topological polar surface area (TPSA) is 71.0 Å². The molecule has 1 aromatic carbocycles. The van der Waals surface area contributed by atoms with Crippen molar-refractivity contribution in [3.63, 3.8) is 0 Å². The van der Waals surface area contributed by atoms with Gasteiger partial charge >= 0.3 is 0 Å². The molecule has 2 N–H and O–H groups in total. The average Bonchev–Trinajstić information content (AvgIpc) is 3.24. The lowest BCUT2D eigenvalue weighted by molar-refractivity contribution is 0.0529. The van der Waals surface area contributed by atoms with Crippen LogP contribution < -0.4 is 20.3 Å². The van der Waals surface area contributed by atoms with E-state index in [1.165, 1.54) is 16.7 Å². The summed E-state index contributed by atoms with van der Waals surface area (Å²) in [6.45, 7) is 6.93. The van der Waals surface area contributed by atoms with Gasteiger partial charge in [-0.1, -0.05) is 12.1 Å². The van der Waals surface area contributed by atoms with Gasteiger partial charge in [-0.25, -0.2) is 4.98 Å². The molecule has 2 aliphatic heterocycles. The molecule has 7 heteroatoms. The number of morpholine rings is 1. The van der Waals surface area contributed by atoms with E-state index < -0.39 is 0 Å². The first-order chi connectivity index (χ1) is 14.7. The van der Waals surface area contributed by atoms with E-state index in [2.05, 4.69) is 56.7 Å². The molecule has 1 unspecified atom stereocenters. The third kappa shape index (κ3) is 5.21. The second kappa shape index (κ2) is 9.80. The molecule has 3 heterocycles. The van der Waals surface area contributed by atoms with Gasteiger partial charge in [0, 0.05) is 45.8 Å². The van der Waals surface area contributed by atoms with Crippen molar-refractivity contribution in [3.05, 3.63) is 53.2 Å². The summed E-state index contributed by atoms with van der Waals surface area (Å²) < 4.78 is 11.2. The quantitative estimate of drug-likeness (QED) is 0.563. The molecule has 0 amide bonds. The van der Waals surface area contributed by atoms with E-state index in [-0.39, 0.29) is 6.10 Å². The van der Waals surface area contributed by atoms with Gasteiger partial charge in [0.15, 0.2) is 5.96 Å². The molecule has 30 heavy (non-hydrogen) atoms. The van der Waals surface area contributed by atoms with E-state index in [0.29, 0.717) is 6.54 Å². The standard InChI is InChI=1S/C23H31N5O2/c1-17-16-28(10-12-29-17)22-14-19(6-8-25-22)15-27-23(24-2)26-9-5-18-3-4-21-20(13-18)7-11-30-21/h3-4,6,8,13-14,17H,5,7,9-12,15-16H2,1-2H3,(H2,24,26,27). The molecule has 0 spiro atoms. The van der Waals surface area contributed by atoms with Gasteiger partial charge in [0.05, 0.1) is 19.3 Å². The first-order valence-corrected chi connectivity index (χ1v) is 10.7. The monoisotopic (exact) mass is 409 g/mol. The van der Waals surface area contributed by atoms with Gasteiger partial charge in [-0.2, -0.15) is 0 Å². The highest BCUT2D eigenvalue weighted by Crippen LogP contribution is 2.25. The van der Waals surface area contributed by atoms with Crippen LogP contribution in [-0.2, 0) is 24.1 Å². The lowest BCUT2D eigenvalue weighted by atomic mass is 10.1. The van der Waals surface area contributed by atoms with Crippen LogP contribution in [0.5, 0.6) is 5.75 Å². The van der Waals surface area contributed by atoms with E-state index >= 15 is 0 Å². The summed E-state index contributed by atoms with van der Waals surface area (Å²) >= 11 is 0. The Balaban J connectivity index is 1.26. The maximum Gasteiger partial charge on any atom is 0.191 e. The number of ether oxygens (including phenoxy) is 2. The highest BCUT2D eigenvalue weighted by molar-refractivity contribution is 5.79. The molecule has 1 aromatic heterocycles. The largest absolute Gasteiger partial charge is 0.493 e. The predicted octanol–water partition coefficient (Wildman–Crippen LogP) is 2.15. The van der Waals surface area contributed by atoms with Crippen LogP contribution >= 0.6 is 0 Å². The minimum atomic E-state index is 0.239. The Morgan fingerprint density at radius 2 is 2.13 bits per heavy atom. The van der Waals surface area contributed by atoms with Gasteiger partial charge < -0.3 is 25.0 Å². The van der Waals surface area contributed by atoms with Gasteiger partial charge in [-0.3, -0.25) is 4.99 Å². The van der Waals surface area contributed by atoms with E-state index in [1.54, 1.807) is 7.05 Å². The SMILES string of the molecule is CN=C(NCCc1ccc2c(c1)CCO2)NCc1ccnc(N2CCOC(C)C2)c1. The maximum atomic E-state index is 5.63. The van der Waals surface area contributed by atoms with Crippen LogP contribution in [0.2, 0.25) is 0 Å². The molecule has 2 aliphatic rings. The zero-order valence-corrected chi connectivity index (χ0v) is 17.9. The van der Waals surface area contributed by atoms with Gasteiger partial charge in [0.1, 0.15) is 11.6 Å². The van der Waals surface area contributed by atoms with Crippen LogP contribution in [0.4, 0.5) is 5.82 Å². The summed E-state index contributed by atoms with van der Waals surface area (Å²) in [5.74, 6) is 2.85. The summed E-state index contributed by atoms with van der Waals surface area (Å²) in [6, 6.07) is 10.7. The molecule has 1 atom stereocenters. The van der Waals surface area contributed by atoms with Crippen molar-refractivity contribution in [1.82, 2.24) is 15.6 Å². The molecule has 1 fully saturated rings. The van der Waals surface area contributed by atoms with Crippen LogP contribution in [0, 0.1) is 0 Å². The van der Waals surface area contributed by atoms with Crippen LogP contribution in [0.15, 0.2) is 41.5 Å². The Morgan fingerprint density at radius 3 is 3.00 bits per heavy atom. The fourth-order valence-corrected chi connectivity index (χ4v) is 3.90. The van der Waals surface area contributed by atoms with Crippen molar-refractivity contribution >= 4 is 11.8 Å². The third-order valence-electron chi connectivity index (χ3n) is 5.52. The number of benzene rings is 1.